The standard InChI is InChI=1S/C6H7N3S.ClH/c7-6(8)10-5-3-1-2-4-9-5;/h1-4H,(H3,7,8);1H. The maximum Gasteiger partial charge on any atom is 0.157 e. The number of nitrogens with zero attached hydrogens (tertiary/aromatic N) is 1. The first-order valence-corrected chi connectivity index (χ1v) is 3.53. The van der Waals surface area contributed by atoms with Gasteiger partial charge in [0.25, 0.3) is 0 Å². The highest BCUT2D eigenvalue weighted by molar-refractivity contribution is 8.13. The summed E-state index contributed by atoms with van der Waals surface area (Å²) in [6.07, 6.45) is 1.67. The number of rotatable bonds is 1. The Labute approximate surface area is 75.3 Å². The number of halogens is 1. The minimum Gasteiger partial charge on any atom is -0.378 e. The molecule has 60 valence electrons. The summed E-state index contributed by atoms with van der Waals surface area (Å²) in [4.78, 5) is 3.96. The van der Waals surface area contributed by atoms with Crippen molar-refractivity contribution in [3.63, 3.8) is 0 Å². The molecule has 11 heavy (non-hydrogen) atoms. The topological polar surface area (TPSA) is 62.8 Å². The summed E-state index contributed by atoms with van der Waals surface area (Å²) in [5, 5.41) is 7.76. The average molecular weight is 190 g/mol. The van der Waals surface area contributed by atoms with Gasteiger partial charge in [-0.1, -0.05) is 6.07 Å². The maximum atomic E-state index is 6.93. The van der Waals surface area contributed by atoms with Crippen molar-refractivity contribution >= 4 is 29.3 Å². The Hall–Kier alpha value is -0.740. The van der Waals surface area contributed by atoms with E-state index in [0.717, 1.165) is 16.8 Å². The maximum absolute atomic E-state index is 6.93. The largest absolute Gasteiger partial charge is 0.378 e. The summed E-state index contributed by atoms with van der Waals surface area (Å²) in [5.41, 5.74) is 5.13. The molecule has 0 fully saturated rings. The molecule has 0 unspecified atom stereocenters. The third-order valence-corrected chi connectivity index (χ3v) is 1.52. The molecule has 0 spiro atoms. The van der Waals surface area contributed by atoms with Gasteiger partial charge >= 0.3 is 0 Å². The summed E-state index contributed by atoms with van der Waals surface area (Å²) in [6, 6.07) is 5.49. The van der Waals surface area contributed by atoms with Crippen LogP contribution in [0.5, 0.6) is 0 Å². The predicted octanol–water partition coefficient (Wildman–Crippen LogP) is 1.49. The van der Waals surface area contributed by atoms with Gasteiger partial charge in [-0.05, 0) is 23.9 Å². The molecule has 0 amide bonds. The highest BCUT2D eigenvalue weighted by atomic mass is 35.5. The van der Waals surface area contributed by atoms with Gasteiger partial charge in [0.1, 0.15) is 5.03 Å². The molecule has 3 nitrogen and oxygen atoms in total. The van der Waals surface area contributed by atoms with Gasteiger partial charge in [-0.2, -0.15) is 0 Å². The fraction of sp³-hybridized carbons (Fsp3) is 0. The zero-order chi connectivity index (χ0) is 7.40. The lowest BCUT2D eigenvalue weighted by Gasteiger charge is -1.94. The first-order chi connectivity index (χ1) is 4.79. The van der Waals surface area contributed by atoms with Crippen LogP contribution in [0.15, 0.2) is 29.4 Å². The van der Waals surface area contributed by atoms with Crippen LogP contribution in [0.2, 0.25) is 0 Å². The van der Waals surface area contributed by atoms with Gasteiger partial charge in [-0.3, -0.25) is 5.41 Å². The van der Waals surface area contributed by atoms with Crippen molar-refractivity contribution < 1.29 is 0 Å². The minimum atomic E-state index is 0. The Morgan fingerprint density at radius 1 is 1.55 bits per heavy atom. The van der Waals surface area contributed by atoms with Gasteiger partial charge in [0, 0.05) is 6.20 Å². The third-order valence-electron chi connectivity index (χ3n) is 0.852. The number of thioether (sulfide) groups is 1. The molecule has 0 aromatic carbocycles. The number of nitrogens with two attached hydrogens (primary N) is 1. The molecule has 0 atom stereocenters. The second-order valence-electron chi connectivity index (χ2n) is 1.63. The second kappa shape index (κ2) is 4.98. The van der Waals surface area contributed by atoms with Gasteiger partial charge in [-0.15, -0.1) is 12.4 Å². The van der Waals surface area contributed by atoms with E-state index in [9.17, 15) is 0 Å². The highest BCUT2D eigenvalue weighted by Crippen LogP contribution is 2.11. The predicted molar refractivity (Wildman–Crippen MR) is 49.3 cm³/mol. The molecule has 0 aliphatic heterocycles. The fourth-order valence-electron chi connectivity index (χ4n) is 0.520. The Kier molecular flexibility index (Phi) is 4.65. The van der Waals surface area contributed by atoms with Crippen molar-refractivity contribution in [3.8, 4) is 0 Å². The van der Waals surface area contributed by atoms with Crippen molar-refractivity contribution in [1.82, 2.24) is 4.98 Å². The lowest BCUT2D eigenvalue weighted by Crippen LogP contribution is -2.03. The molecule has 1 aromatic rings. The zero-order valence-electron chi connectivity index (χ0n) is 5.65. The van der Waals surface area contributed by atoms with Gasteiger partial charge in [0.2, 0.25) is 0 Å². The van der Waals surface area contributed by atoms with Crippen molar-refractivity contribution in [2.75, 3.05) is 0 Å². The molecule has 0 saturated heterocycles. The van der Waals surface area contributed by atoms with Gasteiger partial charge in [0.05, 0.1) is 0 Å². The molecule has 0 radical (unpaired) electrons. The molecule has 5 heteroatoms. The summed E-state index contributed by atoms with van der Waals surface area (Å²) < 4.78 is 0. The van der Waals surface area contributed by atoms with E-state index in [1.165, 1.54) is 0 Å². The second-order valence-corrected chi connectivity index (χ2v) is 2.70. The van der Waals surface area contributed by atoms with E-state index in [1.807, 2.05) is 18.2 Å². The monoisotopic (exact) mass is 189 g/mol. The molecule has 1 aromatic heterocycles. The molecule has 3 N–H and O–H groups in total. The van der Waals surface area contributed by atoms with Gasteiger partial charge < -0.3 is 5.73 Å². The lowest BCUT2D eigenvalue weighted by atomic mass is 10.5. The SMILES string of the molecule is Cl.N=C(N)Sc1ccccn1. The number of amidine groups is 1. The van der Waals surface area contributed by atoms with E-state index >= 15 is 0 Å². The zero-order valence-corrected chi connectivity index (χ0v) is 7.28. The molecule has 0 aliphatic rings. The van der Waals surface area contributed by atoms with E-state index in [-0.39, 0.29) is 17.6 Å². The van der Waals surface area contributed by atoms with Crippen molar-refractivity contribution in [2.45, 2.75) is 5.03 Å². The molecule has 0 saturated carbocycles. The molecule has 1 rings (SSSR count). The van der Waals surface area contributed by atoms with Crippen LogP contribution in [0.1, 0.15) is 0 Å². The van der Waals surface area contributed by atoms with Crippen LogP contribution in [-0.4, -0.2) is 10.2 Å². The normalized spacial score (nSPS) is 8.36. The van der Waals surface area contributed by atoms with Crippen LogP contribution in [0.3, 0.4) is 0 Å². The van der Waals surface area contributed by atoms with E-state index < -0.39 is 0 Å². The van der Waals surface area contributed by atoms with Crippen LogP contribution < -0.4 is 5.73 Å². The Bertz CT molecular complexity index is 227. The number of hydrogen-bond acceptors (Lipinski definition) is 3. The van der Waals surface area contributed by atoms with Gasteiger partial charge in [0.15, 0.2) is 5.17 Å². The molecule has 0 bridgehead atoms. The molecular formula is C6H8ClN3S. The Morgan fingerprint density at radius 3 is 2.73 bits per heavy atom. The van der Waals surface area contributed by atoms with Crippen LogP contribution in [0.25, 0.3) is 0 Å². The fourth-order valence-corrected chi connectivity index (χ4v) is 1.01. The number of aromatic nitrogens is 1. The Morgan fingerprint density at radius 2 is 2.27 bits per heavy atom. The molecule has 1 heterocycles. The van der Waals surface area contributed by atoms with Crippen LogP contribution in [-0.2, 0) is 0 Å². The smallest absolute Gasteiger partial charge is 0.157 e. The van der Waals surface area contributed by atoms with Crippen molar-refractivity contribution in [1.29, 1.82) is 5.41 Å². The van der Waals surface area contributed by atoms with Crippen LogP contribution in [0.4, 0.5) is 0 Å². The first kappa shape index (κ1) is 10.3. The Balaban J connectivity index is 0.000001000. The molecular weight excluding hydrogens is 182 g/mol. The van der Waals surface area contributed by atoms with E-state index in [0.29, 0.717) is 0 Å². The third kappa shape index (κ3) is 3.85. The summed E-state index contributed by atoms with van der Waals surface area (Å²) >= 11 is 1.15. The van der Waals surface area contributed by atoms with Crippen molar-refractivity contribution in [3.05, 3.63) is 24.4 Å². The first-order valence-electron chi connectivity index (χ1n) is 2.72. The summed E-state index contributed by atoms with van der Waals surface area (Å²) in [5.74, 6) is 0. The quantitative estimate of drug-likeness (QED) is 0.400. The van der Waals surface area contributed by atoms with Crippen molar-refractivity contribution in [2.24, 2.45) is 5.73 Å². The van der Waals surface area contributed by atoms with Crippen LogP contribution >= 0.6 is 24.2 Å². The van der Waals surface area contributed by atoms with E-state index in [1.54, 1.807) is 6.20 Å². The van der Waals surface area contributed by atoms with Gasteiger partial charge in [-0.25, -0.2) is 4.98 Å². The average Bonchev–Trinajstić information content (AvgIpc) is 1.88. The lowest BCUT2D eigenvalue weighted by molar-refractivity contribution is 1.14. The summed E-state index contributed by atoms with van der Waals surface area (Å²) in [7, 11) is 0. The number of nitrogens with one attached hydrogen (secondary N) is 1. The minimum absolute atomic E-state index is 0. The van der Waals surface area contributed by atoms with E-state index in [2.05, 4.69) is 4.98 Å². The van der Waals surface area contributed by atoms with E-state index in [4.69, 9.17) is 11.1 Å². The molecule has 0 aliphatic carbocycles. The highest BCUT2D eigenvalue weighted by Gasteiger charge is 1.93. The number of hydrogen-bond donors (Lipinski definition) is 2. The summed E-state index contributed by atoms with van der Waals surface area (Å²) in [6.45, 7) is 0. The van der Waals surface area contributed by atoms with Crippen LogP contribution in [0, 0.1) is 5.41 Å². The number of pyridine rings is 1.